The van der Waals surface area contributed by atoms with E-state index in [0.29, 0.717) is 5.78 Å². The van der Waals surface area contributed by atoms with Gasteiger partial charge in [0.15, 0.2) is 5.78 Å². The van der Waals surface area contributed by atoms with Crippen LogP contribution in [0.25, 0.3) is 0 Å². The molecule has 19 heavy (non-hydrogen) atoms. The second kappa shape index (κ2) is 7.11. The standard InChI is InChI=1S/C16H23NOS/c1-3-10-19-15-5-4-12(2)11-14(15)16(18)13-6-8-17-9-7-13/h4-5,11,13,17H,3,6-10H2,1-2H3. The number of piperidine rings is 1. The summed E-state index contributed by atoms with van der Waals surface area (Å²) in [5.74, 6) is 1.64. The first-order valence-electron chi connectivity index (χ1n) is 7.20. The summed E-state index contributed by atoms with van der Waals surface area (Å²) in [6, 6.07) is 6.30. The summed E-state index contributed by atoms with van der Waals surface area (Å²) in [5, 5.41) is 3.32. The average molecular weight is 277 g/mol. The van der Waals surface area contributed by atoms with E-state index in [9.17, 15) is 4.79 Å². The van der Waals surface area contributed by atoms with Crippen molar-refractivity contribution < 1.29 is 4.79 Å². The summed E-state index contributed by atoms with van der Waals surface area (Å²) < 4.78 is 0. The molecule has 1 heterocycles. The quantitative estimate of drug-likeness (QED) is 0.657. The highest BCUT2D eigenvalue weighted by Gasteiger charge is 2.24. The Labute approximate surface area is 120 Å². The molecule has 0 radical (unpaired) electrons. The van der Waals surface area contributed by atoms with Crippen molar-refractivity contribution in [1.29, 1.82) is 0 Å². The number of benzene rings is 1. The molecule has 1 aliphatic heterocycles. The largest absolute Gasteiger partial charge is 0.317 e. The molecule has 1 aliphatic rings. The number of carbonyl (C=O) groups is 1. The molecule has 0 unspecified atom stereocenters. The van der Waals surface area contributed by atoms with Gasteiger partial charge in [0, 0.05) is 16.4 Å². The van der Waals surface area contributed by atoms with Crippen LogP contribution in [0.3, 0.4) is 0 Å². The SMILES string of the molecule is CCCSc1ccc(C)cc1C(=O)C1CCNCC1. The van der Waals surface area contributed by atoms with Crippen LogP contribution in [0.2, 0.25) is 0 Å². The van der Waals surface area contributed by atoms with Crippen molar-refractivity contribution in [2.45, 2.75) is 38.0 Å². The zero-order chi connectivity index (χ0) is 13.7. The van der Waals surface area contributed by atoms with Gasteiger partial charge in [0.1, 0.15) is 0 Å². The van der Waals surface area contributed by atoms with Gasteiger partial charge in [-0.05, 0) is 57.2 Å². The zero-order valence-electron chi connectivity index (χ0n) is 11.9. The maximum Gasteiger partial charge on any atom is 0.167 e. The molecule has 0 spiro atoms. The minimum atomic E-state index is 0.212. The Kier molecular flexibility index (Phi) is 5.46. The third-order valence-corrected chi connectivity index (χ3v) is 4.85. The lowest BCUT2D eigenvalue weighted by atomic mass is 9.89. The van der Waals surface area contributed by atoms with Crippen molar-refractivity contribution in [2.24, 2.45) is 5.92 Å². The molecule has 1 N–H and O–H groups in total. The summed E-state index contributed by atoms with van der Waals surface area (Å²) in [4.78, 5) is 13.9. The van der Waals surface area contributed by atoms with E-state index in [-0.39, 0.29) is 5.92 Å². The van der Waals surface area contributed by atoms with Crippen LogP contribution in [-0.2, 0) is 0 Å². The molecule has 3 heteroatoms. The highest BCUT2D eigenvalue weighted by Crippen LogP contribution is 2.28. The molecular weight excluding hydrogens is 254 g/mol. The molecule has 104 valence electrons. The zero-order valence-corrected chi connectivity index (χ0v) is 12.7. The Morgan fingerprint density at radius 1 is 1.37 bits per heavy atom. The number of nitrogens with one attached hydrogen (secondary N) is 1. The highest BCUT2D eigenvalue weighted by molar-refractivity contribution is 7.99. The number of hydrogen-bond acceptors (Lipinski definition) is 3. The third-order valence-electron chi connectivity index (χ3n) is 3.57. The van der Waals surface area contributed by atoms with Gasteiger partial charge in [-0.15, -0.1) is 11.8 Å². The second-order valence-corrected chi connectivity index (χ2v) is 6.37. The van der Waals surface area contributed by atoms with E-state index >= 15 is 0 Å². The second-order valence-electron chi connectivity index (χ2n) is 5.24. The fraction of sp³-hybridized carbons (Fsp3) is 0.562. The number of hydrogen-bond donors (Lipinski definition) is 1. The molecule has 2 rings (SSSR count). The molecule has 0 saturated carbocycles. The molecule has 2 nitrogen and oxygen atoms in total. The van der Waals surface area contributed by atoms with E-state index in [4.69, 9.17) is 0 Å². The number of rotatable bonds is 5. The summed E-state index contributed by atoms with van der Waals surface area (Å²) in [5.41, 5.74) is 2.13. The van der Waals surface area contributed by atoms with E-state index in [0.717, 1.165) is 48.6 Å². The smallest absolute Gasteiger partial charge is 0.167 e. The third kappa shape index (κ3) is 3.83. The molecule has 1 aromatic carbocycles. The van der Waals surface area contributed by atoms with Gasteiger partial charge in [0.2, 0.25) is 0 Å². The van der Waals surface area contributed by atoms with Crippen molar-refractivity contribution in [3.63, 3.8) is 0 Å². The molecule has 1 fully saturated rings. The van der Waals surface area contributed by atoms with Crippen LogP contribution >= 0.6 is 11.8 Å². The van der Waals surface area contributed by atoms with E-state index in [1.807, 2.05) is 11.8 Å². The number of Topliss-reactive ketones (excluding diaryl/α,β-unsaturated/α-hetero) is 1. The Morgan fingerprint density at radius 2 is 2.11 bits per heavy atom. The Morgan fingerprint density at radius 3 is 2.79 bits per heavy atom. The first-order valence-corrected chi connectivity index (χ1v) is 8.19. The van der Waals surface area contributed by atoms with Gasteiger partial charge >= 0.3 is 0 Å². The summed E-state index contributed by atoms with van der Waals surface area (Å²) in [7, 11) is 0. The van der Waals surface area contributed by atoms with Crippen molar-refractivity contribution in [2.75, 3.05) is 18.8 Å². The molecular formula is C16H23NOS. The number of aryl methyl sites for hydroxylation is 1. The van der Waals surface area contributed by atoms with Gasteiger partial charge in [0.05, 0.1) is 0 Å². The maximum absolute atomic E-state index is 12.7. The lowest BCUT2D eigenvalue weighted by molar-refractivity contribution is 0.0892. The molecule has 0 bridgehead atoms. The number of thioether (sulfide) groups is 1. The van der Waals surface area contributed by atoms with E-state index < -0.39 is 0 Å². The fourth-order valence-corrected chi connectivity index (χ4v) is 3.38. The molecule has 0 aromatic heterocycles. The van der Waals surface area contributed by atoms with E-state index in [2.05, 4.69) is 37.4 Å². The number of ketones is 1. The first-order chi connectivity index (χ1) is 9.22. The Bertz CT molecular complexity index is 438. The van der Waals surface area contributed by atoms with Gasteiger partial charge in [-0.3, -0.25) is 4.79 Å². The predicted octanol–water partition coefficient (Wildman–Crippen LogP) is 3.68. The lowest BCUT2D eigenvalue weighted by Crippen LogP contribution is -2.32. The minimum Gasteiger partial charge on any atom is -0.317 e. The van der Waals surface area contributed by atoms with Gasteiger partial charge in [-0.2, -0.15) is 0 Å². The molecule has 0 aliphatic carbocycles. The molecule has 0 amide bonds. The minimum absolute atomic E-state index is 0.212. The van der Waals surface area contributed by atoms with Gasteiger partial charge < -0.3 is 5.32 Å². The molecule has 1 saturated heterocycles. The van der Waals surface area contributed by atoms with Crippen LogP contribution in [-0.4, -0.2) is 24.6 Å². The lowest BCUT2D eigenvalue weighted by Gasteiger charge is -2.22. The van der Waals surface area contributed by atoms with Crippen LogP contribution in [0.15, 0.2) is 23.1 Å². The van der Waals surface area contributed by atoms with Gasteiger partial charge in [0.25, 0.3) is 0 Å². The van der Waals surface area contributed by atoms with Gasteiger partial charge in [-0.25, -0.2) is 0 Å². The van der Waals surface area contributed by atoms with Crippen LogP contribution in [0.5, 0.6) is 0 Å². The predicted molar refractivity (Wildman–Crippen MR) is 82.1 cm³/mol. The van der Waals surface area contributed by atoms with Gasteiger partial charge in [-0.1, -0.05) is 18.6 Å². The first kappa shape index (κ1) is 14.6. The van der Waals surface area contributed by atoms with E-state index in [1.165, 1.54) is 5.56 Å². The number of carbonyl (C=O) groups excluding carboxylic acids is 1. The Balaban J connectivity index is 2.20. The monoisotopic (exact) mass is 277 g/mol. The summed E-state index contributed by atoms with van der Waals surface area (Å²) in [6.07, 6.45) is 3.09. The van der Waals surface area contributed by atoms with Crippen LogP contribution < -0.4 is 5.32 Å². The van der Waals surface area contributed by atoms with Crippen molar-refractivity contribution >= 4 is 17.5 Å². The highest BCUT2D eigenvalue weighted by atomic mass is 32.2. The van der Waals surface area contributed by atoms with Crippen molar-refractivity contribution in [3.05, 3.63) is 29.3 Å². The van der Waals surface area contributed by atoms with Crippen molar-refractivity contribution in [3.8, 4) is 0 Å². The van der Waals surface area contributed by atoms with Crippen LogP contribution in [0.1, 0.15) is 42.1 Å². The van der Waals surface area contributed by atoms with Crippen LogP contribution in [0, 0.1) is 12.8 Å². The van der Waals surface area contributed by atoms with Crippen LogP contribution in [0.4, 0.5) is 0 Å². The Hall–Kier alpha value is -0.800. The summed E-state index contributed by atoms with van der Waals surface area (Å²) >= 11 is 1.81. The fourth-order valence-electron chi connectivity index (χ4n) is 2.48. The molecule has 1 aromatic rings. The molecule has 0 atom stereocenters. The van der Waals surface area contributed by atoms with E-state index in [1.54, 1.807) is 0 Å². The normalized spacial score (nSPS) is 16.5. The average Bonchev–Trinajstić information content (AvgIpc) is 2.46. The topological polar surface area (TPSA) is 29.1 Å². The van der Waals surface area contributed by atoms with Crippen molar-refractivity contribution in [1.82, 2.24) is 5.32 Å². The summed E-state index contributed by atoms with van der Waals surface area (Å²) in [6.45, 7) is 6.18. The maximum atomic E-state index is 12.7.